The molecule has 1 unspecified atom stereocenters. The molecule has 0 saturated carbocycles. The van der Waals surface area contributed by atoms with Crippen LogP contribution in [0.25, 0.3) is 0 Å². The first-order chi connectivity index (χ1) is 7.68. The zero-order chi connectivity index (χ0) is 11.5. The number of benzene rings is 1. The average molecular weight is 293 g/mol. The van der Waals surface area contributed by atoms with Crippen molar-refractivity contribution in [1.82, 2.24) is 4.90 Å². The zero-order valence-electron chi connectivity index (χ0n) is 10.5. The van der Waals surface area contributed by atoms with Crippen LogP contribution in [0.2, 0.25) is 0 Å². The number of rotatable bonds is 3. The molecule has 104 valence electrons. The van der Waals surface area contributed by atoms with Gasteiger partial charge in [0.1, 0.15) is 0 Å². The van der Waals surface area contributed by atoms with Gasteiger partial charge in [-0.3, -0.25) is 4.90 Å². The summed E-state index contributed by atoms with van der Waals surface area (Å²) in [5, 5.41) is 9.50. The lowest BCUT2D eigenvalue weighted by atomic mass is 9.98. The van der Waals surface area contributed by atoms with Gasteiger partial charge >= 0.3 is 0 Å². The molecule has 5 heteroatoms. The summed E-state index contributed by atoms with van der Waals surface area (Å²) in [5.74, 6) is 0.298. The van der Waals surface area contributed by atoms with E-state index in [0.717, 1.165) is 13.0 Å². The summed E-state index contributed by atoms with van der Waals surface area (Å²) in [5.41, 5.74) is 7.49. The number of nitrogens with two attached hydrogens (primary N) is 1. The van der Waals surface area contributed by atoms with Gasteiger partial charge < -0.3 is 10.8 Å². The highest BCUT2D eigenvalue weighted by molar-refractivity contribution is 5.85. The minimum atomic E-state index is -0.200. The van der Waals surface area contributed by atoms with Crippen LogP contribution in [-0.4, -0.2) is 35.4 Å². The molecule has 1 fully saturated rings. The molecule has 3 atom stereocenters. The van der Waals surface area contributed by atoms with E-state index >= 15 is 0 Å². The fraction of sp³-hybridized carbons (Fsp3) is 0.538. The van der Waals surface area contributed by atoms with E-state index in [1.165, 1.54) is 5.56 Å². The lowest BCUT2D eigenvalue weighted by Gasteiger charge is -2.29. The molecule has 0 aromatic heterocycles. The second-order valence-corrected chi connectivity index (χ2v) is 4.63. The standard InChI is InChI=1S/C13H20N2O.2ClH/c1-10(11-5-3-2-4-6-11)13(14)15-8-7-12(16)9-15;;/h2-6,10,12-13,16H,7-9,14H2,1H3;2*1H/t10-,12-,13?;;/m0../s1. The van der Waals surface area contributed by atoms with Gasteiger partial charge in [0.25, 0.3) is 0 Å². The summed E-state index contributed by atoms with van der Waals surface area (Å²) in [6.07, 6.45) is 0.642. The molecule has 3 nitrogen and oxygen atoms in total. The van der Waals surface area contributed by atoms with Crippen LogP contribution in [0.1, 0.15) is 24.8 Å². The molecule has 0 aliphatic carbocycles. The van der Waals surface area contributed by atoms with Crippen LogP contribution in [0.3, 0.4) is 0 Å². The van der Waals surface area contributed by atoms with E-state index in [0.29, 0.717) is 12.5 Å². The molecule has 0 spiro atoms. The fourth-order valence-electron chi connectivity index (χ4n) is 2.31. The summed E-state index contributed by atoms with van der Waals surface area (Å²) < 4.78 is 0. The van der Waals surface area contributed by atoms with Crippen molar-refractivity contribution >= 4 is 24.8 Å². The van der Waals surface area contributed by atoms with E-state index in [9.17, 15) is 5.11 Å². The van der Waals surface area contributed by atoms with Crippen molar-refractivity contribution in [2.75, 3.05) is 13.1 Å². The summed E-state index contributed by atoms with van der Waals surface area (Å²) in [7, 11) is 0. The first kappa shape index (κ1) is 17.7. The highest BCUT2D eigenvalue weighted by Gasteiger charge is 2.28. The van der Waals surface area contributed by atoms with Crippen LogP contribution < -0.4 is 5.73 Å². The molecule has 3 N–H and O–H groups in total. The van der Waals surface area contributed by atoms with Crippen LogP contribution >= 0.6 is 24.8 Å². The highest BCUT2D eigenvalue weighted by Crippen LogP contribution is 2.22. The Morgan fingerprint density at radius 3 is 2.39 bits per heavy atom. The largest absolute Gasteiger partial charge is 0.392 e. The van der Waals surface area contributed by atoms with Gasteiger partial charge in [0, 0.05) is 19.0 Å². The number of aliphatic hydroxyl groups excluding tert-OH is 1. The van der Waals surface area contributed by atoms with E-state index in [2.05, 4.69) is 24.0 Å². The molecule has 0 bridgehead atoms. The number of likely N-dealkylation sites (tertiary alicyclic amines) is 1. The van der Waals surface area contributed by atoms with Gasteiger partial charge in [0.2, 0.25) is 0 Å². The predicted molar refractivity (Wildman–Crippen MR) is 79.5 cm³/mol. The van der Waals surface area contributed by atoms with E-state index in [1.807, 2.05) is 18.2 Å². The third-order valence-electron chi connectivity index (χ3n) is 3.45. The quantitative estimate of drug-likeness (QED) is 0.896. The molecule has 1 heterocycles. The second-order valence-electron chi connectivity index (χ2n) is 4.63. The van der Waals surface area contributed by atoms with E-state index in [1.54, 1.807) is 0 Å². The molecule has 2 rings (SSSR count). The fourth-order valence-corrected chi connectivity index (χ4v) is 2.31. The Morgan fingerprint density at radius 2 is 1.89 bits per heavy atom. The van der Waals surface area contributed by atoms with Crippen LogP contribution in [-0.2, 0) is 0 Å². The average Bonchev–Trinajstić information content (AvgIpc) is 2.75. The van der Waals surface area contributed by atoms with Gasteiger partial charge in [-0.1, -0.05) is 37.3 Å². The van der Waals surface area contributed by atoms with Crippen molar-refractivity contribution in [3.63, 3.8) is 0 Å². The van der Waals surface area contributed by atoms with Gasteiger partial charge in [-0.25, -0.2) is 0 Å². The van der Waals surface area contributed by atoms with Crippen LogP contribution in [0.4, 0.5) is 0 Å². The van der Waals surface area contributed by atoms with Gasteiger partial charge in [-0.05, 0) is 12.0 Å². The smallest absolute Gasteiger partial charge is 0.0679 e. The topological polar surface area (TPSA) is 49.5 Å². The SMILES string of the molecule is C[C@@H](c1ccccc1)C(N)N1CC[C@H](O)C1.Cl.Cl. The number of β-amino-alcohol motifs (C(OH)–C–C–N with tert-alkyl or cyclic N) is 1. The monoisotopic (exact) mass is 292 g/mol. The van der Waals surface area contributed by atoms with Crippen LogP contribution in [0.15, 0.2) is 30.3 Å². The minimum Gasteiger partial charge on any atom is -0.392 e. The molecule has 18 heavy (non-hydrogen) atoms. The third kappa shape index (κ3) is 4.11. The zero-order valence-corrected chi connectivity index (χ0v) is 12.2. The van der Waals surface area contributed by atoms with E-state index in [4.69, 9.17) is 5.73 Å². The molecule has 0 radical (unpaired) electrons. The molecule has 0 amide bonds. The summed E-state index contributed by atoms with van der Waals surface area (Å²) in [6.45, 7) is 3.75. The molecule has 1 aromatic rings. The molecule has 1 aromatic carbocycles. The third-order valence-corrected chi connectivity index (χ3v) is 3.45. The Labute approximate surface area is 121 Å². The van der Waals surface area contributed by atoms with Crippen molar-refractivity contribution in [2.45, 2.75) is 31.5 Å². The highest BCUT2D eigenvalue weighted by atomic mass is 35.5. The van der Waals surface area contributed by atoms with E-state index in [-0.39, 0.29) is 37.1 Å². The van der Waals surface area contributed by atoms with Crippen molar-refractivity contribution in [3.05, 3.63) is 35.9 Å². The normalized spacial score (nSPS) is 22.7. The van der Waals surface area contributed by atoms with Crippen LogP contribution in [0.5, 0.6) is 0 Å². The molecule has 1 aliphatic rings. The maximum Gasteiger partial charge on any atom is 0.0679 e. The van der Waals surface area contributed by atoms with Gasteiger partial charge in [0.15, 0.2) is 0 Å². The number of nitrogens with zero attached hydrogens (tertiary/aromatic N) is 1. The van der Waals surface area contributed by atoms with E-state index < -0.39 is 0 Å². The first-order valence-electron chi connectivity index (χ1n) is 5.91. The van der Waals surface area contributed by atoms with Gasteiger partial charge in [-0.15, -0.1) is 24.8 Å². The van der Waals surface area contributed by atoms with Crippen molar-refractivity contribution in [3.8, 4) is 0 Å². The summed E-state index contributed by atoms with van der Waals surface area (Å²) >= 11 is 0. The van der Waals surface area contributed by atoms with Crippen molar-refractivity contribution < 1.29 is 5.11 Å². The van der Waals surface area contributed by atoms with Crippen molar-refractivity contribution in [1.29, 1.82) is 0 Å². The van der Waals surface area contributed by atoms with Gasteiger partial charge in [0.05, 0.1) is 12.3 Å². The predicted octanol–water partition coefficient (Wildman–Crippen LogP) is 1.99. The van der Waals surface area contributed by atoms with Crippen LogP contribution in [0, 0.1) is 0 Å². The second kappa shape index (κ2) is 7.97. The Kier molecular flexibility index (Phi) is 7.83. The molecular formula is C13H22Cl2N2O. The maximum absolute atomic E-state index is 9.50. The summed E-state index contributed by atoms with van der Waals surface area (Å²) in [4.78, 5) is 2.17. The molecular weight excluding hydrogens is 271 g/mol. The Morgan fingerprint density at radius 1 is 1.28 bits per heavy atom. The lowest BCUT2D eigenvalue weighted by molar-refractivity contribution is 0.152. The Bertz CT molecular complexity index is 337. The Hall–Kier alpha value is -0.320. The van der Waals surface area contributed by atoms with Crippen molar-refractivity contribution in [2.24, 2.45) is 5.73 Å². The number of hydrogen-bond acceptors (Lipinski definition) is 3. The number of hydrogen-bond donors (Lipinski definition) is 2. The summed E-state index contributed by atoms with van der Waals surface area (Å²) in [6, 6.07) is 10.3. The number of aliphatic hydroxyl groups is 1. The maximum atomic E-state index is 9.50. The first-order valence-corrected chi connectivity index (χ1v) is 5.91. The minimum absolute atomic E-state index is 0. The molecule has 1 aliphatic heterocycles. The molecule has 1 saturated heterocycles. The Balaban J connectivity index is 0.00000144. The number of halogens is 2. The lowest BCUT2D eigenvalue weighted by Crippen LogP contribution is -2.44. The van der Waals surface area contributed by atoms with Gasteiger partial charge in [-0.2, -0.15) is 0 Å².